The third kappa shape index (κ3) is 4.96. The predicted molar refractivity (Wildman–Crippen MR) is 73.1 cm³/mol. The van der Waals surface area contributed by atoms with Gasteiger partial charge in [-0.3, -0.25) is 14.7 Å². The Hall–Kier alpha value is -1.46. The monoisotopic (exact) mass is 263 g/mol. The van der Waals surface area contributed by atoms with Crippen molar-refractivity contribution in [2.24, 2.45) is 0 Å². The second-order valence-corrected chi connectivity index (χ2v) is 4.65. The van der Waals surface area contributed by atoms with Crippen LogP contribution < -0.4 is 5.32 Å². The fourth-order valence-corrected chi connectivity index (χ4v) is 2.09. The highest BCUT2D eigenvalue weighted by atomic mass is 16.5. The lowest BCUT2D eigenvalue weighted by Gasteiger charge is -2.26. The molecule has 1 N–H and O–H groups in total. The van der Waals surface area contributed by atoms with Gasteiger partial charge in [0.05, 0.1) is 13.2 Å². The molecule has 5 heteroatoms. The smallest absolute Gasteiger partial charge is 0.251 e. The molecular formula is C14H21N3O2. The number of rotatable bonds is 6. The van der Waals surface area contributed by atoms with Crippen LogP contribution in [0.5, 0.6) is 0 Å². The number of pyridine rings is 1. The second-order valence-electron chi connectivity index (χ2n) is 4.65. The lowest BCUT2D eigenvalue weighted by molar-refractivity contribution is 0.0372. The Kier molecular flexibility index (Phi) is 5.78. The van der Waals surface area contributed by atoms with Gasteiger partial charge < -0.3 is 10.1 Å². The summed E-state index contributed by atoms with van der Waals surface area (Å²) < 4.78 is 5.30. The summed E-state index contributed by atoms with van der Waals surface area (Å²) in [6, 6.07) is 3.45. The van der Waals surface area contributed by atoms with Crippen LogP contribution in [0.4, 0.5) is 0 Å². The number of nitrogens with zero attached hydrogens (tertiary/aromatic N) is 2. The molecule has 2 heterocycles. The summed E-state index contributed by atoms with van der Waals surface area (Å²) in [5.74, 6) is -0.0197. The molecule has 1 saturated heterocycles. The van der Waals surface area contributed by atoms with Crippen LogP contribution in [0.3, 0.4) is 0 Å². The Bertz CT molecular complexity index is 378. The third-order valence-electron chi connectivity index (χ3n) is 3.23. The summed E-state index contributed by atoms with van der Waals surface area (Å²) >= 11 is 0. The Morgan fingerprint density at radius 3 is 2.74 bits per heavy atom. The first-order valence-electron chi connectivity index (χ1n) is 6.84. The van der Waals surface area contributed by atoms with Gasteiger partial charge in [0, 0.05) is 37.6 Å². The number of carbonyl (C=O) groups excluding carboxylic acids is 1. The van der Waals surface area contributed by atoms with Crippen LogP contribution in [-0.4, -0.2) is 55.2 Å². The number of hydrogen-bond donors (Lipinski definition) is 1. The summed E-state index contributed by atoms with van der Waals surface area (Å²) in [4.78, 5) is 18.0. The van der Waals surface area contributed by atoms with Crippen molar-refractivity contribution in [3.05, 3.63) is 30.1 Å². The average Bonchev–Trinajstić information content (AvgIpc) is 2.49. The van der Waals surface area contributed by atoms with Crippen molar-refractivity contribution < 1.29 is 9.53 Å². The van der Waals surface area contributed by atoms with Crippen LogP contribution in [0.15, 0.2) is 24.5 Å². The molecule has 0 unspecified atom stereocenters. The normalized spacial score (nSPS) is 16.2. The highest BCUT2D eigenvalue weighted by Gasteiger charge is 2.09. The first kappa shape index (κ1) is 14.0. The molecule has 104 valence electrons. The summed E-state index contributed by atoms with van der Waals surface area (Å²) in [5, 5.41) is 2.93. The average molecular weight is 263 g/mol. The summed E-state index contributed by atoms with van der Waals surface area (Å²) in [6.07, 6.45) is 5.38. The number of ether oxygens (including phenoxy) is 1. The van der Waals surface area contributed by atoms with Crippen LogP contribution in [0, 0.1) is 0 Å². The van der Waals surface area contributed by atoms with Crippen LogP contribution >= 0.6 is 0 Å². The van der Waals surface area contributed by atoms with E-state index in [4.69, 9.17) is 4.74 Å². The number of amides is 1. The van der Waals surface area contributed by atoms with E-state index in [1.807, 2.05) is 0 Å². The number of morpholine rings is 1. The fraction of sp³-hybridized carbons (Fsp3) is 0.571. The Morgan fingerprint density at radius 1 is 1.26 bits per heavy atom. The molecule has 5 nitrogen and oxygen atoms in total. The summed E-state index contributed by atoms with van der Waals surface area (Å²) in [7, 11) is 0. The molecular weight excluding hydrogens is 242 g/mol. The molecule has 0 spiro atoms. The maximum absolute atomic E-state index is 11.7. The van der Waals surface area contributed by atoms with Gasteiger partial charge >= 0.3 is 0 Å². The molecule has 0 aliphatic carbocycles. The van der Waals surface area contributed by atoms with Crippen LogP contribution in [0.2, 0.25) is 0 Å². The summed E-state index contributed by atoms with van der Waals surface area (Å²) in [5.41, 5.74) is 0.670. The fourth-order valence-electron chi connectivity index (χ4n) is 2.09. The van der Waals surface area contributed by atoms with E-state index in [0.29, 0.717) is 5.56 Å². The molecule has 0 atom stereocenters. The molecule has 1 aromatic heterocycles. The largest absolute Gasteiger partial charge is 0.379 e. The van der Waals surface area contributed by atoms with E-state index < -0.39 is 0 Å². The predicted octanol–water partition coefficient (Wildman–Crippen LogP) is 0.924. The molecule has 1 fully saturated rings. The van der Waals surface area contributed by atoms with Crippen molar-refractivity contribution in [1.29, 1.82) is 0 Å². The van der Waals surface area contributed by atoms with Gasteiger partial charge in [-0.2, -0.15) is 0 Å². The minimum atomic E-state index is -0.0197. The van der Waals surface area contributed by atoms with Gasteiger partial charge in [-0.1, -0.05) is 0 Å². The third-order valence-corrected chi connectivity index (χ3v) is 3.23. The van der Waals surface area contributed by atoms with Crippen molar-refractivity contribution in [2.75, 3.05) is 39.4 Å². The van der Waals surface area contributed by atoms with E-state index >= 15 is 0 Å². The van der Waals surface area contributed by atoms with Crippen LogP contribution in [0.25, 0.3) is 0 Å². The number of hydrogen-bond acceptors (Lipinski definition) is 4. The zero-order valence-electron chi connectivity index (χ0n) is 11.2. The van der Waals surface area contributed by atoms with Gasteiger partial charge in [-0.15, -0.1) is 0 Å². The van der Waals surface area contributed by atoms with Crippen LogP contribution in [0.1, 0.15) is 23.2 Å². The Labute approximate surface area is 114 Å². The minimum absolute atomic E-state index is 0.0197. The standard InChI is InChI=1S/C14H21N3O2/c18-14(13-3-6-15-7-4-13)16-5-1-2-8-17-9-11-19-12-10-17/h3-4,6-7H,1-2,5,8-12H2,(H,16,18). The molecule has 1 aromatic rings. The first-order chi connectivity index (χ1) is 9.36. The Morgan fingerprint density at radius 2 is 2.00 bits per heavy atom. The highest BCUT2D eigenvalue weighted by molar-refractivity contribution is 5.93. The lowest BCUT2D eigenvalue weighted by Crippen LogP contribution is -2.37. The van der Waals surface area contributed by atoms with Crippen molar-refractivity contribution in [3.8, 4) is 0 Å². The van der Waals surface area contributed by atoms with E-state index in [2.05, 4.69) is 15.2 Å². The van der Waals surface area contributed by atoms with Gasteiger partial charge in [-0.05, 0) is 31.5 Å². The van der Waals surface area contributed by atoms with E-state index in [0.717, 1.165) is 52.2 Å². The molecule has 0 aromatic carbocycles. The van der Waals surface area contributed by atoms with E-state index in [1.54, 1.807) is 24.5 Å². The highest BCUT2D eigenvalue weighted by Crippen LogP contribution is 2.00. The van der Waals surface area contributed by atoms with Crippen LogP contribution in [-0.2, 0) is 4.74 Å². The molecule has 0 radical (unpaired) electrons. The molecule has 1 aliphatic heterocycles. The van der Waals surface area contributed by atoms with E-state index in [1.165, 1.54) is 0 Å². The Balaban J connectivity index is 1.55. The zero-order chi connectivity index (χ0) is 13.3. The molecule has 0 bridgehead atoms. The van der Waals surface area contributed by atoms with Crippen molar-refractivity contribution in [2.45, 2.75) is 12.8 Å². The minimum Gasteiger partial charge on any atom is -0.379 e. The molecule has 2 rings (SSSR count). The number of unbranched alkanes of at least 4 members (excludes halogenated alkanes) is 1. The quantitative estimate of drug-likeness (QED) is 0.776. The van der Waals surface area contributed by atoms with Gasteiger partial charge in [0.2, 0.25) is 0 Å². The first-order valence-corrected chi connectivity index (χ1v) is 6.84. The van der Waals surface area contributed by atoms with Gasteiger partial charge in [-0.25, -0.2) is 0 Å². The van der Waals surface area contributed by atoms with Gasteiger partial charge in [0.1, 0.15) is 0 Å². The van der Waals surface area contributed by atoms with Crippen molar-refractivity contribution in [3.63, 3.8) is 0 Å². The lowest BCUT2D eigenvalue weighted by atomic mass is 10.2. The second kappa shape index (κ2) is 7.86. The number of carbonyl (C=O) groups is 1. The van der Waals surface area contributed by atoms with Crippen molar-refractivity contribution >= 4 is 5.91 Å². The van der Waals surface area contributed by atoms with Gasteiger partial charge in [0.25, 0.3) is 5.91 Å². The molecule has 1 aliphatic rings. The maximum Gasteiger partial charge on any atom is 0.251 e. The molecule has 1 amide bonds. The van der Waals surface area contributed by atoms with Gasteiger partial charge in [0.15, 0.2) is 0 Å². The number of nitrogens with one attached hydrogen (secondary N) is 1. The van der Waals surface area contributed by atoms with E-state index in [9.17, 15) is 4.79 Å². The molecule has 0 saturated carbocycles. The number of aromatic nitrogens is 1. The molecule has 19 heavy (non-hydrogen) atoms. The summed E-state index contributed by atoms with van der Waals surface area (Å²) in [6.45, 7) is 5.57. The van der Waals surface area contributed by atoms with Crippen molar-refractivity contribution in [1.82, 2.24) is 15.2 Å². The SMILES string of the molecule is O=C(NCCCCN1CCOCC1)c1ccncc1. The topological polar surface area (TPSA) is 54.5 Å². The van der Waals surface area contributed by atoms with E-state index in [-0.39, 0.29) is 5.91 Å². The maximum atomic E-state index is 11.7. The zero-order valence-corrected chi connectivity index (χ0v) is 11.2.